The van der Waals surface area contributed by atoms with Crippen LogP contribution in [0.3, 0.4) is 0 Å². The molecule has 0 aliphatic heterocycles. The van der Waals surface area contributed by atoms with Gasteiger partial charge in [-0.3, -0.25) is 14.9 Å². The van der Waals surface area contributed by atoms with Crippen LogP contribution in [0.1, 0.15) is 4.88 Å². The van der Waals surface area contributed by atoms with Gasteiger partial charge in [-0.2, -0.15) is 0 Å². The van der Waals surface area contributed by atoms with E-state index in [1.165, 1.54) is 29.5 Å². The summed E-state index contributed by atoms with van der Waals surface area (Å²) in [6.07, 6.45) is 1.76. The van der Waals surface area contributed by atoms with E-state index in [1.807, 2.05) is 12.1 Å². The van der Waals surface area contributed by atoms with Gasteiger partial charge in [-0.15, -0.1) is 11.3 Å². The maximum absolute atomic E-state index is 12.2. The minimum Gasteiger partial charge on any atom is -0.321 e. The van der Waals surface area contributed by atoms with Gasteiger partial charge in [-0.05, 0) is 24.3 Å². The lowest BCUT2D eigenvalue weighted by molar-refractivity contribution is -0.899. The molecule has 0 aliphatic carbocycles. The highest BCUT2D eigenvalue weighted by atomic mass is 35.5. The third-order valence-corrected chi connectivity index (χ3v) is 4.47. The molecular formula is C16H17ClN3O3S+. The fourth-order valence-electron chi connectivity index (χ4n) is 2.23. The Labute approximate surface area is 148 Å². The number of hydrogen-bond acceptors (Lipinski definition) is 4. The number of nitro groups is 1. The number of non-ortho nitro benzene ring substituents is 1. The van der Waals surface area contributed by atoms with Crippen molar-refractivity contribution >= 4 is 40.2 Å². The molecule has 1 aromatic heterocycles. The average Bonchev–Trinajstić information content (AvgIpc) is 2.92. The highest BCUT2D eigenvalue weighted by molar-refractivity contribution is 7.16. The Bertz CT molecular complexity index is 748. The summed E-state index contributed by atoms with van der Waals surface area (Å²) in [5.41, 5.74) is 0.350. The molecule has 2 aromatic rings. The van der Waals surface area contributed by atoms with Crippen molar-refractivity contribution in [2.24, 2.45) is 0 Å². The Hall–Kier alpha value is -2.22. The van der Waals surface area contributed by atoms with E-state index in [2.05, 4.69) is 11.9 Å². The third-order valence-electron chi connectivity index (χ3n) is 3.24. The van der Waals surface area contributed by atoms with Crippen molar-refractivity contribution in [2.75, 3.05) is 18.4 Å². The van der Waals surface area contributed by atoms with E-state index >= 15 is 0 Å². The summed E-state index contributed by atoms with van der Waals surface area (Å²) in [4.78, 5) is 24.6. The van der Waals surface area contributed by atoms with Crippen LogP contribution in [0.15, 0.2) is 49.1 Å². The molecule has 24 heavy (non-hydrogen) atoms. The van der Waals surface area contributed by atoms with Crippen molar-refractivity contribution < 1.29 is 14.6 Å². The number of carbonyl (C=O) groups is 1. The van der Waals surface area contributed by atoms with Gasteiger partial charge in [-0.25, -0.2) is 0 Å². The smallest absolute Gasteiger partial charge is 0.279 e. The van der Waals surface area contributed by atoms with Gasteiger partial charge in [0.15, 0.2) is 6.54 Å². The molecular weight excluding hydrogens is 350 g/mol. The second-order valence-electron chi connectivity index (χ2n) is 5.16. The Balaban J connectivity index is 1.98. The highest BCUT2D eigenvalue weighted by Crippen LogP contribution is 2.20. The Morgan fingerprint density at radius 3 is 2.83 bits per heavy atom. The fourth-order valence-corrected chi connectivity index (χ4v) is 3.39. The minimum atomic E-state index is -0.495. The number of benzene rings is 1. The van der Waals surface area contributed by atoms with Crippen LogP contribution in [0.2, 0.25) is 4.34 Å². The second-order valence-corrected chi connectivity index (χ2v) is 6.96. The molecule has 0 saturated carbocycles. The first kappa shape index (κ1) is 18.1. The van der Waals surface area contributed by atoms with Crippen LogP contribution in [0.4, 0.5) is 11.4 Å². The maximum atomic E-state index is 12.2. The van der Waals surface area contributed by atoms with Gasteiger partial charge in [0.25, 0.3) is 11.6 Å². The summed E-state index contributed by atoms with van der Waals surface area (Å²) in [6.45, 7) is 5.23. The zero-order chi connectivity index (χ0) is 17.5. The summed E-state index contributed by atoms with van der Waals surface area (Å²) >= 11 is 7.41. The van der Waals surface area contributed by atoms with E-state index in [1.54, 1.807) is 12.1 Å². The first-order valence-electron chi connectivity index (χ1n) is 7.21. The maximum Gasteiger partial charge on any atom is 0.279 e. The molecule has 1 heterocycles. The van der Waals surface area contributed by atoms with E-state index in [4.69, 9.17) is 11.6 Å². The van der Waals surface area contributed by atoms with Gasteiger partial charge in [0, 0.05) is 17.8 Å². The molecule has 1 atom stereocenters. The molecule has 1 unspecified atom stereocenters. The molecule has 0 fully saturated rings. The number of carbonyl (C=O) groups excluding carboxylic acids is 1. The standard InChI is InChI=1S/C16H16ClN3O3S/c1-2-8-19(10-14-6-7-15(17)24-14)11-16(21)18-12-4-3-5-13(9-12)20(22)23/h2-7,9H,1,8,10-11H2,(H,18,21)/p+1. The number of quaternary nitrogens is 1. The number of nitrogens with one attached hydrogen (secondary N) is 2. The largest absolute Gasteiger partial charge is 0.321 e. The van der Waals surface area contributed by atoms with Gasteiger partial charge < -0.3 is 10.2 Å². The number of halogens is 1. The molecule has 6 nitrogen and oxygen atoms in total. The number of hydrogen-bond donors (Lipinski definition) is 2. The van der Waals surface area contributed by atoms with Crippen LogP contribution < -0.4 is 10.2 Å². The fraction of sp³-hybridized carbons (Fsp3) is 0.188. The first-order valence-corrected chi connectivity index (χ1v) is 8.40. The van der Waals surface area contributed by atoms with Gasteiger partial charge in [0.2, 0.25) is 0 Å². The molecule has 0 spiro atoms. The Morgan fingerprint density at radius 1 is 1.42 bits per heavy atom. The summed E-state index contributed by atoms with van der Waals surface area (Å²) in [5.74, 6) is -0.213. The lowest BCUT2D eigenvalue weighted by Crippen LogP contribution is -3.11. The molecule has 0 aliphatic rings. The van der Waals surface area contributed by atoms with E-state index in [9.17, 15) is 14.9 Å². The summed E-state index contributed by atoms with van der Waals surface area (Å²) in [5, 5.41) is 13.5. The van der Waals surface area contributed by atoms with E-state index < -0.39 is 4.92 Å². The van der Waals surface area contributed by atoms with Gasteiger partial charge >= 0.3 is 0 Å². The number of rotatable bonds is 8. The molecule has 0 radical (unpaired) electrons. The lowest BCUT2D eigenvalue weighted by atomic mass is 10.3. The zero-order valence-electron chi connectivity index (χ0n) is 12.8. The number of amides is 1. The molecule has 2 N–H and O–H groups in total. The van der Waals surface area contributed by atoms with Crippen molar-refractivity contribution in [1.82, 2.24) is 0 Å². The molecule has 2 rings (SSSR count). The normalized spacial score (nSPS) is 11.7. The van der Waals surface area contributed by atoms with Crippen molar-refractivity contribution in [3.05, 3.63) is 68.4 Å². The van der Waals surface area contributed by atoms with Gasteiger partial charge in [-0.1, -0.05) is 24.2 Å². The van der Waals surface area contributed by atoms with E-state index in [0.29, 0.717) is 23.1 Å². The van der Waals surface area contributed by atoms with Crippen LogP contribution in [0, 0.1) is 10.1 Å². The number of anilines is 1. The second kappa shape index (κ2) is 8.58. The summed E-state index contributed by atoms with van der Waals surface area (Å²) in [7, 11) is 0. The van der Waals surface area contributed by atoms with Crippen LogP contribution in [-0.4, -0.2) is 23.9 Å². The van der Waals surface area contributed by atoms with Gasteiger partial charge in [0.05, 0.1) is 20.7 Å². The lowest BCUT2D eigenvalue weighted by Gasteiger charge is -2.16. The number of thiophene rings is 1. The Kier molecular flexibility index (Phi) is 6.48. The number of nitrogens with zero attached hydrogens (tertiary/aromatic N) is 1. The molecule has 0 saturated heterocycles. The highest BCUT2D eigenvalue weighted by Gasteiger charge is 2.16. The minimum absolute atomic E-state index is 0.0590. The van der Waals surface area contributed by atoms with E-state index in [-0.39, 0.29) is 18.1 Å². The average molecular weight is 367 g/mol. The Morgan fingerprint density at radius 2 is 2.21 bits per heavy atom. The summed E-state index contributed by atoms with van der Waals surface area (Å²) in [6, 6.07) is 9.65. The third kappa shape index (κ3) is 5.45. The van der Waals surface area contributed by atoms with Crippen molar-refractivity contribution in [1.29, 1.82) is 0 Å². The van der Waals surface area contributed by atoms with Crippen LogP contribution in [0.25, 0.3) is 0 Å². The monoisotopic (exact) mass is 366 g/mol. The topological polar surface area (TPSA) is 76.7 Å². The molecule has 8 heteroatoms. The van der Waals surface area contributed by atoms with Crippen molar-refractivity contribution in [3.63, 3.8) is 0 Å². The molecule has 1 aromatic carbocycles. The quantitative estimate of drug-likeness (QED) is 0.428. The molecule has 0 bridgehead atoms. The van der Waals surface area contributed by atoms with E-state index in [0.717, 1.165) is 9.78 Å². The van der Waals surface area contributed by atoms with Crippen LogP contribution in [-0.2, 0) is 11.3 Å². The molecule has 1 amide bonds. The summed E-state index contributed by atoms with van der Waals surface area (Å²) < 4.78 is 0.712. The zero-order valence-corrected chi connectivity index (χ0v) is 14.4. The van der Waals surface area contributed by atoms with Crippen molar-refractivity contribution in [3.8, 4) is 0 Å². The van der Waals surface area contributed by atoms with Gasteiger partial charge in [0.1, 0.15) is 6.54 Å². The molecule has 126 valence electrons. The predicted octanol–water partition coefficient (Wildman–Crippen LogP) is 2.52. The van der Waals surface area contributed by atoms with Crippen LogP contribution in [0.5, 0.6) is 0 Å². The predicted molar refractivity (Wildman–Crippen MR) is 95.7 cm³/mol. The first-order chi connectivity index (χ1) is 11.5. The SMILES string of the molecule is C=CC[NH+](CC(=O)Nc1cccc([N+](=O)[O-])c1)Cc1ccc(Cl)s1. The van der Waals surface area contributed by atoms with Crippen LogP contribution >= 0.6 is 22.9 Å². The van der Waals surface area contributed by atoms with Crippen molar-refractivity contribution in [2.45, 2.75) is 6.54 Å². The number of nitro benzene ring substituents is 1.